The van der Waals surface area contributed by atoms with Gasteiger partial charge in [-0.1, -0.05) is 0 Å². The monoisotopic (exact) mass is 417 g/mol. The minimum Gasteiger partial charge on any atom is -0.304 e. The largest absolute Gasteiger partial charge is 0.356 e. The van der Waals surface area contributed by atoms with Gasteiger partial charge in [-0.3, -0.25) is 41.3 Å². The zero-order valence-electron chi connectivity index (χ0n) is 15.9. The second-order valence-corrected chi connectivity index (χ2v) is 6.46. The number of aromatic nitrogens is 2. The highest BCUT2D eigenvalue weighted by atomic mass is 16.6. The molecular weight excluding hydrogens is 398 g/mol. The third-order valence-electron chi connectivity index (χ3n) is 4.41. The van der Waals surface area contributed by atoms with Crippen molar-refractivity contribution in [3.05, 3.63) is 56.4 Å². The number of hydrogen-bond donors (Lipinski definition) is 3. The number of nitro groups is 2. The Bertz CT molecular complexity index is 945. The van der Waals surface area contributed by atoms with Gasteiger partial charge >= 0.3 is 5.69 Å². The van der Waals surface area contributed by atoms with Crippen LogP contribution in [0.4, 0.5) is 23.0 Å². The molecule has 0 spiro atoms. The van der Waals surface area contributed by atoms with Crippen molar-refractivity contribution >= 4 is 28.9 Å². The summed E-state index contributed by atoms with van der Waals surface area (Å²) in [6.07, 6.45) is 1.13. The number of piperazine rings is 1. The Morgan fingerprint density at radius 3 is 2.23 bits per heavy atom. The van der Waals surface area contributed by atoms with Crippen LogP contribution < -0.4 is 16.3 Å². The van der Waals surface area contributed by atoms with Crippen LogP contribution >= 0.6 is 0 Å². The Morgan fingerprint density at radius 2 is 1.63 bits per heavy atom. The molecule has 1 fully saturated rings. The molecule has 3 rings (SSSR count). The normalized spacial score (nSPS) is 14.7. The van der Waals surface area contributed by atoms with Crippen LogP contribution in [-0.4, -0.2) is 68.9 Å². The third kappa shape index (κ3) is 4.92. The quantitative estimate of drug-likeness (QED) is 0.426. The number of carbonyl (C=O) groups excluding carboxylic acids is 1. The Kier molecular flexibility index (Phi) is 6.29. The highest BCUT2D eigenvalue weighted by Gasteiger charge is 2.26. The summed E-state index contributed by atoms with van der Waals surface area (Å²) in [5.41, 5.74) is 7.18. The van der Waals surface area contributed by atoms with Gasteiger partial charge in [0, 0.05) is 43.9 Å². The first-order chi connectivity index (χ1) is 14.3. The zero-order valence-corrected chi connectivity index (χ0v) is 15.9. The fourth-order valence-corrected chi connectivity index (χ4v) is 2.72. The Hall–Kier alpha value is -3.91. The van der Waals surface area contributed by atoms with E-state index in [4.69, 9.17) is 0 Å². The van der Waals surface area contributed by atoms with Crippen molar-refractivity contribution in [2.24, 2.45) is 0 Å². The molecule has 158 valence electrons. The van der Waals surface area contributed by atoms with Gasteiger partial charge in [-0.05, 0) is 19.2 Å². The maximum Gasteiger partial charge on any atom is 0.356 e. The van der Waals surface area contributed by atoms with Gasteiger partial charge in [0.2, 0.25) is 11.6 Å². The molecule has 0 radical (unpaired) electrons. The van der Waals surface area contributed by atoms with Crippen LogP contribution in [0.3, 0.4) is 0 Å². The van der Waals surface area contributed by atoms with Crippen molar-refractivity contribution in [2.45, 2.75) is 0 Å². The molecule has 0 aliphatic carbocycles. The first-order valence-corrected chi connectivity index (χ1v) is 8.85. The molecule has 1 aromatic carbocycles. The number of amides is 1. The summed E-state index contributed by atoms with van der Waals surface area (Å²) in [4.78, 5) is 43.2. The number of anilines is 2. The lowest BCUT2D eigenvalue weighted by Gasteiger charge is -2.32. The molecule has 2 aromatic rings. The van der Waals surface area contributed by atoms with E-state index in [1.54, 1.807) is 0 Å². The molecule has 1 aromatic heterocycles. The molecule has 14 heteroatoms. The molecule has 0 saturated carbocycles. The summed E-state index contributed by atoms with van der Waals surface area (Å²) in [6.45, 7) is 2.89. The number of likely N-dealkylation sites (N-methyl/N-ethyl adjacent to an activating group) is 1. The van der Waals surface area contributed by atoms with E-state index in [2.05, 4.69) is 31.1 Å². The molecule has 0 unspecified atom stereocenters. The lowest BCUT2D eigenvalue weighted by molar-refractivity contribution is -0.384. The molecule has 0 bridgehead atoms. The van der Waals surface area contributed by atoms with Gasteiger partial charge < -0.3 is 4.90 Å². The average Bonchev–Trinajstić information content (AvgIpc) is 2.73. The SMILES string of the molecule is CN1CCN(Nc2ncnc(NNC(=O)c3ccc([N+](=O)[O-])cc3)c2[N+](=O)[O-])CC1. The maximum atomic E-state index is 12.2. The van der Waals surface area contributed by atoms with Gasteiger partial charge in [-0.25, -0.2) is 15.0 Å². The molecule has 1 aliphatic rings. The van der Waals surface area contributed by atoms with Crippen molar-refractivity contribution in [1.82, 2.24) is 25.3 Å². The average molecular weight is 417 g/mol. The number of rotatable bonds is 7. The van der Waals surface area contributed by atoms with Gasteiger partial charge in [0.1, 0.15) is 6.33 Å². The summed E-state index contributed by atoms with van der Waals surface area (Å²) >= 11 is 0. The lowest BCUT2D eigenvalue weighted by atomic mass is 10.2. The van der Waals surface area contributed by atoms with Crippen LogP contribution in [-0.2, 0) is 0 Å². The summed E-state index contributed by atoms with van der Waals surface area (Å²) in [6, 6.07) is 4.90. The zero-order chi connectivity index (χ0) is 21.7. The van der Waals surface area contributed by atoms with Crippen molar-refractivity contribution in [3.8, 4) is 0 Å². The number of hydrogen-bond acceptors (Lipinski definition) is 11. The third-order valence-corrected chi connectivity index (χ3v) is 4.41. The van der Waals surface area contributed by atoms with Crippen molar-refractivity contribution in [2.75, 3.05) is 44.1 Å². The molecule has 30 heavy (non-hydrogen) atoms. The van der Waals surface area contributed by atoms with Crippen LogP contribution in [0.25, 0.3) is 0 Å². The second kappa shape index (κ2) is 9.06. The number of nitrogens with one attached hydrogen (secondary N) is 3. The molecule has 3 N–H and O–H groups in total. The van der Waals surface area contributed by atoms with Crippen molar-refractivity contribution in [3.63, 3.8) is 0 Å². The molecule has 2 heterocycles. The smallest absolute Gasteiger partial charge is 0.304 e. The van der Waals surface area contributed by atoms with E-state index < -0.39 is 21.4 Å². The fourth-order valence-electron chi connectivity index (χ4n) is 2.72. The van der Waals surface area contributed by atoms with Gasteiger partial charge in [0.05, 0.1) is 9.85 Å². The summed E-state index contributed by atoms with van der Waals surface area (Å²) in [7, 11) is 1.99. The van der Waals surface area contributed by atoms with E-state index in [-0.39, 0.29) is 22.9 Å². The molecule has 1 saturated heterocycles. The van der Waals surface area contributed by atoms with E-state index in [1.165, 1.54) is 24.3 Å². The minimum absolute atomic E-state index is 0.00774. The first-order valence-electron chi connectivity index (χ1n) is 8.85. The van der Waals surface area contributed by atoms with E-state index in [1.807, 2.05) is 12.1 Å². The predicted molar refractivity (Wildman–Crippen MR) is 106 cm³/mol. The second-order valence-electron chi connectivity index (χ2n) is 6.46. The summed E-state index contributed by atoms with van der Waals surface area (Å²) in [5, 5.41) is 24.1. The predicted octanol–water partition coefficient (Wildman–Crippen LogP) is 0.624. The number of benzene rings is 1. The van der Waals surface area contributed by atoms with Crippen LogP contribution in [0.5, 0.6) is 0 Å². The van der Waals surface area contributed by atoms with Crippen LogP contribution in [0.2, 0.25) is 0 Å². The van der Waals surface area contributed by atoms with Crippen LogP contribution in [0.15, 0.2) is 30.6 Å². The number of non-ortho nitro benzene ring substituents is 1. The molecule has 0 atom stereocenters. The topological polar surface area (TPSA) is 172 Å². The minimum atomic E-state index is -0.654. The Morgan fingerprint density at radius 1 is 1.00 bits per heavy atom. The number of nitro benzene ring substituents is 1. The molecule has 1 aliphatic heterocycles. The molecular formula is C16H19N9O5. The van der Waals surface area contributed by atoms with Gasteiger partial charge in [-0.15, -0.1) is 0 Å². The molecule has 14 nitrogen and oxygen atoms in total. The molecule has 1 amide bonds. The van der Waals surface area contributed by atoms with Gasteiger partial charge in [0.25, 0.3) is 11.6 Å². The van der Waals surface area contributed by atoms with Crippen molar-refractivity contribution in [1.29, 1.82) is 0 Å². The highest BCUT2D eigenvalue weighted by molar-refractivity contribution is 5.95. The van der Waals surface area contributed by atoms with E-state index in [0.29, 0.717) is 13.1 Å². The lowest BCUT2D eigenvalue weighted by Crippen LogP contribution is -2.47. The number of carbonyl (C=O) groups is 1. The number of hydrazine groups is 2. The Balaban J connectivity index is 1.71. The summed E-state index contributed by atoms with van der Waals surface area (Å²) < 4.78 is 0. The first kappa shape index (κ1) is 20.8. The van der Waals surface area contributed by atoms with Crippen LogP contribution in [0, 0.1) is 20.2 Å². The fraction of sp³-hybridized carbons (Fsp3) is 0.312. The highest BCUT2D eigenvalue weighted by Crippen LogP contribution is 2.28. The maximum absolute atomic E-state index is 12.2. The van der Waals surface area contributed by atoms with Crippen molar-refractivity contribution < 1.29 is 14.6 Å². The van der Waals surface area contributed by atoms with E-state index in [0.717, 1.165) is 19.4 Å². The number of nitrogens with zero attached hydrogens (tertiary/aromatic N) is 6. The summed E-state index contributed by atoms with van der Waals surface area (Å²) in [5.74, 6) is -0.861. The van der Waals surface area contributed by atoms with Crippen LogP contribution in [0.1, 0.15) is 10.4 Å². The van der Waals surface area contributed by atoms with E-state index in [9.17, 15) is 25.0 Å². The standard InChI is InChI=1S/C16H19N9O5/c1-22-6-8-23(9-7-22)21-15-13(25(29)30)14(17-10-18-15)19-20-16(26)11-2-4-12(5-3-11)24(27)28/h2-5,10H,6-9H2,1H3,(H,20,26)(H2,17,18,19,21). The van der Waals surface area contributed by atoms with Gasteiger partial charge in [-0.2, -0.15) is 0 Å². The van der Waals surface area contributed by atoms with E-state index >= 15 is 0 Å². The Labute approximate surface area is 170 Å². The van der Waals surface area contributed by atoms with Gasteiger partial charge in [0.15, 0.2) is 0 Å².